The van der Waals surface area contributed by atoms with Gasteiger partial charge in [0.25, 0.3) is 5.56 Å². The van der Waals surface area contributed by atoms with Gasteiger partial charge in [-0.05, 0) is 44.7 Å². The summed E-state index contributed by atoms with van der Waals surface area (Å²) in [5.74, 6) is -0.179. The molecule has 3 aliphatic heterocycles. The van der Waals surface area contributed by atoms with Crippen LogP contribution in [0.1, 0.15) is 48.2 Å². The number of carbonyl (C=O) groups excluding carboxylic acids is 1. The number of hydrogen-bond donors (Lipinski definition) is 1. The van der Waals surface area contributed by atoms with Gasteiger partial charge in [-0.15, -0.1) is 0 Å². The minimum absolute atomic E-state index is 0.139. The van der Waals surface area contributed by atoms with E-state index >= 15 is 0 Å². The summed E-state index contributed by atoms with van der Waals surface area (Å²) < 4.78 is 6.48. The number of aromatic nitrogens is 1. The molecule has 7 nitrogen and oxygen atoms in total. The highest BCUT2D eigenvalue weighted by atomic mass is 16.5. The normalized spacial score (nSPS) is 26.2. The SMILES string of the molecule is COC(=O)c1c(O)cc(=O)n2c1CCN(C[C@@H]1CCCN3CCCC[C@H]13)CC2. The highest BCUT2D eigenvalue weighted by Gasteiger charge is 2.34. The van der Waals surface area contributed by atoms with Crippen molar-refractivity contribution in [3.8, 4) is 5.75 Å². The largest absolute Gasteiger partial charge is 0.507 e. The van der Waals surface area contributed by atoms with Gasteiger partial charge in [0.1, 0.15) is 11.3 Å². The van der Waals surface area contributed by atoms with Gasteiger partial charge in [0, 0.05) is 50.4 Å². The van der Waals surface area contributed by atoms with Crippen LogP contribution in [0.2, 0.25) is 0 Å². The molecule has 7 heteroatoms. The van der Waals surface area contributed by atoms with E-state index in [0.29, 0.717) is 30.6 Å². The first kappa shape index (κ1) is 19.5. The van der Waals surface area contributed by atoms with Gasteiger partial charge in [-0.2, -0.15) is 0 Å². The Morgan fingerprint density at radius 2 is 1.96 bits per heavy atom. The minimum atomic E-state index is -0.583. The summed E-state index contributed by atoms with van der Waals surface area (Å²) in [5.41, 5.74) is 0.487. The van der Waals surface area contributed by atoms with Crippen LogP contribution in [0.5, 0.6) is 5.75 Å². The fraction of sp³-hybridized carbons (Fsp3) is 0.714. The van der Waals surface area contributed by atoms with Crippen LogP contribution in [0.3, 0.4) is 0 Å². The van der Waals surface area contributed by atoms with Crippen LogP contribution in [-0.4, -0.2) is 71.3 Å². The van der Waals surface area contributed by atoms with E-state index in [4.69, 9.17) is 4.74 Å². The molecule has 0 amide bonds. The molecule has 0 spiro atoms. The summed E-state index contributed by atoms with van der Waals surface area (Å²) in [6.45, 7) is 5.65. The van der Waals surface area contributed by atoms with Crippen molar-refractivity contribution >= 4 is 5.97 Å². The standard InChI is InChI=1S/C21H31N3O4/c1-28-21(27)20-17-7-10-22(11-12-24(17)19(26)13-18(20)25)14-15-5-4-9-23-8-3-2-6-16(15)23/h13,15-16,25H,2-12,14H2,1H3/t15-,16+/m0/s1. The number of carbonyl (C=O) groups is 1. The quantitative estimate of drug-likeness (QED) is 0.789. The summed E-state index contributed by atoms with van der Waals surface area (Å²) in [4.78, 5) is 29.7. The van der Waals surface area contributed by atoms with Crippen LogP contribution in [0.15, 0.2) is 10.9 Å². The number of esters is 1. The van der Waals surface area contributed by atoms with E-state index in [0.717, 1.165) is 25.7 Å². The third kappa shape index (κ3) is 3.70. The lowest BCUT2D eigenvalue weighted by atomic mass is 9.83. The Bertz CT molecular complexity index is 789. The molecule has 3 aliphatic rings. The predicted octanol–water partition coefficient (Wildman–Crippen LogP) is 1.46. The second-order valence-electron chi connectivity index (χ2n) is 8.38. The molecular weight excluding hydrogens is 358 g/mol. The van der Waals surface area contributed by atoms with Gasteiger partial charge >= 0.3 is 5.97 Å². The lowest BCUT2D eigenvalue weighted by Gasteiger charge is -2.45. The van der Waals surface area contributed by atoms with Gasteiger partial charge in [-0.1, -0.05) is 6.42 Å². The average molecular weight is 389 g/mol. The van der Waals surface area contributed by atoms with Crippen LogP contribution in [0.4, 0.5) is 0 Å². The molecule has 2 fully saturated rings. The molecular formula is C21H31N3O4. The van der Waals surface area contributed by atoms with Gasteiger partial charge in [-0.25, -0.2) is 4.79 Å². The molecule has 154 valence electrons. The zero-order valence-electron chi connectivity index (χ0n) is 16.7. The van der Waals surface area contributed by atoms with E-state index < -0.39 is 5.97 Å². The molecule has 4 heterocycles. The number of aromatic hydroxyl groups is 1. The van der Waals surface area contributed by atoms with E-state index in [1.54, 1.807) is 4.57 Å². The molecule has 1 aromatic rings. The second-order valence-corrected chi connectivity index (χ2v) is 8.38. The van der Waals surface area contributed by atoms with Crippen LogP contribution in [-0.2, 0) is 17.7 Å². The lowest BCUT2D eigenvalue weighted by Crippen LogP contribution is -2.51. The zero-order chi connectivity index (χ0) is 19.7. The molecule has 0 bridgehead atoms. The second kappa shape index (κ2) is 8.25. The Morgan fingerprint density at radius 1 is 1.14 bits per heavy atom. The summed E-state index contributed by atoms with van der Waals surface area (Å²) in [6.07, 6.45) is 7.08. The zero-order valence-corrected chi connectivity index (χ0v) is 16.7. The summed E-state index contributed by atoms with van der Waals surface area (Å²) >= 11 is 0. The van der Waals surface area contributed by atoms with Crippen LogP contribution in [0, 0.1) is 5.92 Å². The number of rotatable bonds is 3. The molecule has 0 unspecified atom stereocenters. The van der Waals surface area contributed by atoms with Crippen LogP contribution >= 0.6 is 0 Å². The monoisotopic (exact) mass is 389 g/mol. The van der Waals surface area contributed by atoms with Gasteiger partial charge in [0.15, 0.2) is 0 Å². The molecule has 28 heavy (non-hydrogen) atoms. The molecule has 0 aliphatic carbocycles. The van der Waals surface area contributed by atoms with E-state index in [2.05, 4.69) is 9.80 Å². The first-order chi connectivity index (χ1) is 13.6. The number of fused-ring (bicyclic) bond motifs is 2. The summed E-state index contributed by atoms with van der Waals surface area (Å²) in [6, 6.07) is 1.83. The van der Waals surface area contributed by atoms with Crippen molar-refractivity contribution < 1.29 is 14.6 Å². The van der Waals surface area contributed by atoms with Crippen molar-refractivity contribution in [1.82, 2.24) is 14.4 Å². The van der Waals surface area contributed by atoms with E-state index in [-0.39, 0.29) is 16.9 Å². The Balaban J connectivity index is 1.51. The topological polar surface area (TPSA) is 75.0 Å². The highest BCUT2D eigenvalue weighted by molar-refractivity contribution is 5.93. The van der Waals surface area contributed by atoms with Gasteiger partial charge in [0.05, 0.1) is 7.11 Å². The highest BCUT2D eigenvalue weighted by Crippen LogP contribution is 2.32. The molecule has 0 aromatic carbocycles. The number of ether oxygens (including phenoxy) is 1. The first-order valence-corrected chi connectivity index (χ1v) is 10.6. The molecule has 4 rings (SSSR count). The van der Waals surface area contributed by atoms with Crippen molar-refractivity contribution in [2.45, 2.75) is 51.1 Å². The van der Waals surface area contributed by atoms with Crippen molar-refractivity contribution in [3.05, 3.63) is 27.7 Å². The van der Waals surface area contributed by atoms with E-state index in [1.807, 2.05) is 0 Å². The Kier molecular flexibility index (Phi) is 5.73. The van der Waals surface area contributed by atoms with Crippen LogP contribution < -0.4 is 5.56 Å². The Labute approximate surface area is 165 Å². The minimum Gasteiger partial charge on any atom is -0.507 e. The molecule has 2 saturated heterocycles. The number of nitrogens with zero attached hydrogens (tertiary/aromatic N) is 3. The maximum absolute atomic E-state index is 12.4. The molecule has 1 N–H and O–H groups in total. The number of methoxy groups -OCH3 is 1. The van der Waals surface area contributed by atoms with Crippen molar-refractivity contribution in [2.75, 3.05) is 39.8 Å². The van der Waals surface area contributed by atoms with E-state index in [9.17, 15) is 14.7 Å². The first-order valence-electron chi connectivity index (χ1n) is 10.6. The van der Waals surface area contributed by atoms with Gasteiger partial charge < -0.3 is 24.2 Å². The molecule has 1 aromatic heterocycles. The summed E-state index contributed by atoms with van der Waals surface area (Å²) in [5, 5.41) is 10.2. The fourth-order valence-electron chi connectivity index (χ4n) is 5.43. The van der Waals surface area contributed by atoms with Gasteiger partial charge in [-0.3, -0.25) is 4.79 Å². The van der Waals surface area contributed by atoms with Crippen molar-refractivity contribution in [3.63, 3.8) is 0 Å². The smallest absolute Gasteiger partial charge is 0.343 e. The Morgan fingerprint density at radius 3 is 2.79 bits per heavy atom. The van der Waals surface area contributed by atoms with Crippen LogP contribution in [0.25, 0.3) is 0 Å². The van der Waals surface area contributed by atoms with Crippen molar-refractivity contribution in [1.29, 1.82) is 0 Å². The predicted molar refractivity (Wildman–Crippen MR) is 106 cm³/mol. The van der Waals surface area contributed by atoms with Crippen molar-refractivity contribution in [2.24, 2.45) is 5.92 Å². The lowest BCUT2D eigenvalue weighted by molar-refractivity contribution is 0.0407. The summed E-state index contributed by atoms with van der Waals surface area (Å²) in [7, 11) is 1.30. The maximum atomic E-state index is 12.4. The fourth-order valence-corrected chi connectivity index (χ4v) is 5.43. The number of pyridine rings is 1. The molecule has 0 radical (unpaired) electrons. The maximum Gasteiger partial charge on any atom is 0.343 e. The average Bonchev–Trinajstić information content (AvgIpc) is 2.91. The Hall–Kier alpha value is -1.86. The number of piperidine rings is 2. The molecule has 2 atom stereocenters. The van der Waals surface area contributed by atoms with E-state index in [1.165, 1.54) is 52.3 Å². The van der Waals surface area contributed by atoms with Gasteiger partial charge in [0.2, 0.25) is 0 Å². The number of hydrogen-bond acceptors (Lipinski definition) is 6. The molecule has 0 saturated carbocycles. The third-order valence-electron chi connectivity index (χ3n) is 6.81. The third-order valence-corrected chi connectivity index (χ3v) is 6.81.